The van der Waals surface area contributed by atoms with Gasteiger partial charge in [0, 0.05) is 33.0 Å². The highest BCUT2D eigenvalue weighted by atomic mass is 35.5. The van der Waals surface area contributed by atoms with E-state index in [1.165, 1.54) is 0 Å². The third-order valence-corrected chi connectivity index (χ3v) is 4.42. The maximum absolute atomic E-state index is 8.47. The number of ether oxygens (including phenoxy) is 1. The molecule has 3 rings (SSSR count). The van der Waals surface area contributed by atoms with Crippen LogP contribution in [0, 0.1) is 4.91 Å². The van der Waals surface area contributed by atoms with Crippen molar-refractivity contribution >= 4 is 34.8 Å². The van der Waals surface area contributed by atoms with E-state index in [9.17, 15) is 0 Å². The predicted octanol–water partition coefficient (Wildman–Crippen LogP) is 5.35. The van der Waals surface area contributed by atoms with Crippen molar-refractivity contribution in [3.8, 4) is 0 Å². The van der Waals surface area contributed by atoms with E-state index in [0.717, 1.165) is 11.1 Å². The molecule has 0 radical (unpaired) electrons. The summed E-state index contributed by atoms with van der Waals surface area (Å²) in [5.74, 6) is 0. The molecule has 1 aromatic heterocycles. The van der Waals surface area contributed by atoms with Gasteiger partial charge >= 0.3 is 5.09 Å². The summed E-state index contributed by atoms with van der Waals surface area (Å²) in [6, 6.07) is 13.0. The molecule has 0 aliphatic heterocycles. The molecule has 1 unspecified atom stereocenters. The maximum Gasteiger partial charge on any atom is 0.472 e. The van der Waals surface area contributed by atoms with Crippen molar-refractivity contribution in [1.29, 1.82) is 0 Å². The van der Waals surface area contributed by atoms with E-state index >= 15 is 0 Å². The second-order valence-corrected chi connectivity index (χ2v) is 6.88. The summed E-state index contributed by atoms with van der Waals surface area (Å²) in [6.07, 6.45) is 5.16. The van der Waals surface area contributed by atoms with Gasteiger partial charge in [-0.25, -0.2) is 15.4 Å². The van der Waals surface area contributed by atoms with Crippen LogP contribution in [-0.2, 0) is 17.9 Å². The summed E-state index contributed by atoms with van der Waals surface area (Å²) in [4.78, 5) is 12.5. The van der Waals surface area contributed by atoms with Gasteiger partial charge in [-0.15, -0.1) is 0 Å². The van der Waals surface area contributed by atoms with E-state index in [1.807, 2.05) is 47.2 Å². The molecule has 28 heavy (non-hydrogen) atoms. The summed E-state index contributed by atoms with van der Waals surface area (Å²) in [5.41, 5.74) is 1.93. The molecule has 0 aliphatic rings. The molecule has 0 spiro atoms. The van der Waals surface area contributed by atoms with Gasteiger partial charge in [0.05, 0.1) is 19.5 Å². The molecule has 2 N–H and O–H groups in total. The Morgan fingerprint density at radius 3 is 2.29 bits per heavy atom. The van der Waals surface area contributed by atoms with Crippen molar-refractivity contribution in [2.45, 2.75) is 19.3 Å². The third kappa shape index (κ3) is 7.36. The van der Waals surface area contributed by atoms with Crippen LogP contribution in [0.25, 0.3) is 0 Å². The highest BCUT2D eigenvalue weighted by molar-refractivity contribution is 6.35. The Morgan fingerprint density at radius 2 is 1.71 bits per heavy atom. The lowest BCUT2D eigenvalue weighted by atomic mass is 10.1. The summed E-state index contributed by atoms with van der Waals surface area (Å²) in [7, 11) is 0. The molecule has 148 valence electrons. The van der Waals surface area contributed by atoms with Gasteiger partial charge in [0.2, 0.25) is 0 Å². The first kappa shape index (κ1) is 22.0. The minimum absolute atomic E-state index is 0.223. The topological polar surface area (TPSA) is 87.6 Å². The molecule has 0 fully saturated rings. The molecule has 0 saturated carbocycles. The van der Waals surface area contributed by atoms with E-state index in [0.29, 0.717) is 28.2 Å². The van der Waals surface area contributed by atoms with Gasteiger partial charge in [-0.05, 0) is 29.8 Å². The first-order chi connectivity index (χ1) is 13.3. The summed E-state index contributed by atoms with van der Waals surface area (Å²) in [6.45, 7) is 1.06. The van der Waals surface area contributed by atoms with E-state index in [1.54, 1.807) is 18.6 Å². The van der Waals surface area contributed by atoms with Crippen molar-refractivity contribution in [1.82, 2.24) is 9.55 Å². The summed E-state index contributed by atoms with van der Waals surface area (Å²) >= 11 is 18.3. The highest BCUT2D eigenvalue weighted by Gasteiger charge is 2.17. The van der Waals surface area contributed by atoms with Gasteiger partial charge < -0.3 is 9.30 Å². The minimum atomic E-state index is -1.25. The predicted molar refractivity (Wildman–Crippen MR) is 105 cm³/mol. The van der Waals surface area contributed by atoms with Crippen LogP contribution < -0.4 is 0 Å². The van der Waals surface area contributed by atoms with E-state index in [-0.39, 0.29) is 6.10 Å². The van der Waals surface area contributed by atoms with Gasteiger partial charge in [-0.3, -0.25) is 0 Å². The standard InChI is InChI=1S/C18H15Cl3N2O.H2NO3/c19-14-3-1-13(2-4-14)11-24-18(10-23-8-7-22-12-23)16-6-5-15(20)9-17(16)21;2-1(3)4/h1-9,12,18H,10-11H2;(H2,2,3,4)/q;+1. The zero-order chi connectivity index (χ0) is 20.5. The zero-order valence-electron chi connectivity index (χ0n) is 14.5. The van der Waals surface area contributed by atoms with Crippen LogP contribution >= 0.6 is 34.8 Å². The van der Waals surface area contributed by atoms with Crippen LogP contribution in [0.3, 0.4) is 0 Å². The van der Waals surface area contributed by atoms with E-state index < -0.39 is 5.09 Å². The number of imidazole rings is 1. The molecule has 7 nitrogen and oxygen atoms in total. The Balaban J connectivity index is 0.000000640. The van der Waals surface area contributed by atoms with Gasteiger partial charge in [-0.1, -0.05) is 53.0 Å². The Kier molecular flexibility index (Phi) is 8.53. The largest absolute Gasteiger partial charge is 0.472 e. The Morgan fingerprint density at radius 1 is 1.07 bits per heavy atom. The SMILES string of the molecule is Clc1ccc(COC(Cn2ccnc2)c2ccc(Cl)cc2Cl)cc1.O=[N+](O)O. The molecular formula is C18H17Cl3N3O4+. The van der Waals surface area contributed by atoms with Crippen LogP contribution in [0.15, 0.2) is 61.2 Å². The molecule has 10 heteroatoms. The smallest absolute Gasteiger partial charge is 0.367 e. The summed E-state index contributed by atoms with van der Waals surface area (Å²) < 4.78 is 8.08. The second-order valence-electron chi connectivity index (χ2n) is 5.60. The van der Waals surface area contributed by atoms with Crippen molar-refractivity contribution in [3.63, 3.8) is 0 Å². The first-order valence-electron chi connectivity index (χ1n) is 7.97. The fourth-order valence-corrected chi connectivity index (χ4v) is 3.02. The normalized spacial score (nSPS) is 11.4. The molecule has 0 saturated heterocycles. The molecule has 1 atom stereocenters. The molecule has 0 aliphatic carbocycles. The van der Waals surface area contributed by atoms with E-state index in [4.69, 9.17) is 54.9 Å². The number of hydrogen-bond donors (Lipinski definition) is 2. The van der Waals surface area contributed by atoms with Crippen molar-refractivity contribution < 1.29 is 20.2 Å². The quantitative estimate of drug-likeness (QED) is 0.500. The number of nitrogens with zero attached hydrogens (tertiary/aromatic N) is 3. The van der Waals surface area contributed by atoms with Gasteiger partial charge in [0.25, 0.3) is 0 Å². The van der Waals surface area contributed by atoms with Crippen LogP contribution in [0.5, 0.6) is 0 Å². The number of rotatable bonds is 6. The Bertz CT molecular complexity index is 886. The molecular weight excluding hydrogens is 429 g/mol. The lowest BCUT2D eigenvalue weighted by Gasteiger charge is -2.20. The number of halogens is 3. The average Bonchev–Trinajstić information content (AvgIpc) is 3.13. The molecule has 2 aromatic carbocycles. The van der Waals surface area contributed by atoms with Crippen molar-refractivity contribution in [2.24, 2.45) is 0 Å². The van der Waals surface area contributed by atoms with Crippen molar-refractivity contribution in [3.05, 3.63) is 92.3 Å². The van der Waals surface area contributed by atoms with Crippen LogP contribution in [0.4, 0.5) is 0 Å². The fourth-order valence-electron chi connectivity index (χ4n) is 2.37. The monoisotopic (exact) mass is 444 g/mol. The van der Waals surface area contributed by atoms with Gasteiger partial charge in [0.1, 0.15) is 11.0 Å². The molecule has 0 bridgehead atoms. The molecule has 0 amide bonds. The maximum atomic E-state index is 8.47. The lowest BCUT2D eigenvalue weighted by molar-refractivity contribution is -0.969. The van der Waals surface area contributed by atoms with Gasteiger partial charge in [-0.2, -0.15) is 0 Å². The lowest BCUT2D eigenvalue weighted by Crippen LogP contribution is -2.12. The Hall–Kier alpha value is -2.32. The zero-order valence-corrected chi connectivity index (χ0v) is 16.7. The fraction of sp³-hybridized carbons (Fsp3) is 0.167. The first-order valence-corrected chi connectivity index (χ1v) is 9.10. The highest BCUT2D eigenvalue weighted by Crippen LogP contribution is 2.30. The van der Waals surface area contributed by atoms with Gasteiger partial charge in [0.15, 0.2) is 0 Å². The van der Waals surface area contributed by atoms with Crippen molar-refractivity contribution in [2.75, 3.05) is 0 Å². The number of aromatic nitrogens is 2. The summed E-state index contributed by atoms with van der Waals surface area (Å²) in [5, 5.41) is 14.4. The Labute approximate surface area is 176 Å². The van der Waals surface area contributed by atoms with Crippen LogP contribution in [-0.4, -0.2) is 25.1 Å². The average molecular weight is 446 g/mol. The van der Waals surface area contributed by atoms with Crippen LogP contribution in [0.1, 0.15) is 17.2 Å². The number of benzene rings is 2. The third-order valence-electron chi connectivity index (χ3n) is 3.61. The molecule has 1 heterocycles. The minimum Gasteiger partial charge on any atom is -0.367 e. The van der Waals surface area contributed by atoms with E-state index in [2.05, 4.69) is 4.98 Å². The van der Waals surface area contributed by atoms with Crippen LogP contribution in [0.2, 0.25) is 15.1 Å². The number of hydrogen-bond acceptors (Lipinski definition) is 3. The molecule has 3 aromatic rings. The second kappa shape index (κ2) is 10.9.